The molecule has 1 amide bonds. The van der Waals surface area contributed by atoms with Gasteiger partial charge in [0.15, 0.2) is 0 Å². The summed E-state index contributed by atoms with van der Waals surface area (Å²) < 4.78 is 13.5. The van der Waals surface area contributed by atoms with Crippen molar-refractivity contribution in [3.63, 3.8) is 0 Å². The number of carbonyl (C=O) groups is 1. The lowest BCUT2D eigenvalue weighted by Gasteiger charge is -2.19. The summed E-state index contributed by atoms with van der Waals surface area (Å²) >= 11 is 7.47. The first kappa shape index (κ1) is 21.7. The van der Waals surface area contributed by atoms with E-state index in [4.69, 9.17) is 11.6 Å². The number of thiophene rings is 1. The summed E-state index contributed by atoms with van der Waals surface area (Å²) in [6.07, 6.45) is 5.05. The number of aromatic nitrogens is 2. The summed E-state index contributed by atoms with van der Waals surface area (Å²) in [5, 5.41) is 4.14. The van der Waals surface area contributed by atoms with Gasteiger partial charge in [0.05, 0.1) is 17.0 Å². The summed E-state index contributed by atoms with van der Waals surface area (Å²) in [5.41, 5.74) is 1.69. The Bertz CT molecular complexity index is 1160. The molecule has 3 heterocycles. The summed E-state index contributed by atoms with van der Waals surface area (Å²) in [4.78, 5) is 27.4. The smallest absolute Gasteiger partial charge is 0.246 e. The van der Waals surface area contributed by atoms with Gasteiger partial charge in [-0.25, -0.2) is 14.4 Å². The molecule has 3 aromatic rings. The maximum absolute atomic E-state index is 13.5. The number of likely N-dealkylation sites (N-methyl/N-ethyl adjacent to an activating group) is 1. The minimum atomic E-state index is -0.474. The van der Waals surface area contributed by atoms with E-state index in [0.717, 1.165) is 27.2 Å². The van der Waals surface area contributed by atoms with Crippen molar-refractivity contribution in [2.75, 3.05) is 18.9 Å². The molecule has 0 saturated heterocycles. The third-order valence-electron chi connectivity index (χ3n) is 5.38. The molecule has 0 atom stereocenters. The molecule has 4 rings (SSSR count). The zero-order chi connectivity index (χ0) is 22.1. The molecule has 1 aliphatic rings. The van der Waals surface area contributed by atoms with E-state index in [1.807, 2.05) is 18.0 Å². The van der Waals surface area contributed by atoms with Gasteiger partial charge in [0.2, 0.25) is 5.91 Å². The topological polar surface area (TPSA) is 61.4 Å². The van der Waals surface area contributed by atoms with Crippen LogP contribution in [0, 0.1) is 5.82 Å². The number of fused-ring (bicyclic) bond motifs is 3. The predicted molar refractivity (Wildman–Crippen MR) is 123 cm³/mol. The van der Waals surface area contributed by atoms with Crippen molar-refractivity contribution in [2.45, 2.75) is 33.0 Å². The summed E-state index contributed by atoms with van der Waals surface area (Å²) in [6.45, 7) is 6.02. The van der Waals surface area contributed by atoms with Crippen molar-refractivity contribution in [3.05, 3.63) is 58.0 Å². The lowest BCUT2D eigenvalue weighted by molar-refractivity contribution is -0.126. The number of nitrogens with zero attached hydrogens (tertiary/aromatic N) is 4. The monoisotopic (exact) mass is 459 g/mol. The van der Waals surface area contributed by atoms with Crippen LogP contribution in [0.2, 0.25) is 5.02 Å². The molecule has 0 aliphatic carbocycles. The molecule has 0 radical (unpaired) electrons. The maximum atomic E-state index is 13.5. The first-order chi connectivity index (χ1) is 14.8. The lowest BCUT2D eigenvalue weighted by Crippen LogP contribution is -2.27. The van der Waals surface area contributed by atoms with Gasteiger partial charge in [-0.15, -0.1) is 11.3 Å². The molecule has 0 unspecified atom stereocenters. The van der Waals surface area contributed by atoms with Gasteiger partial charge in [0.25, 0.3) is 0 Å². The highest BCUT2D eigenvalue weighted by Crippen LogP contribution is 2.40. The molecule has 0 bridgehead atoms. The van der Waals surface area contributed by atoms with E-state index in [1.165, 1.54) is 18.5 Å². The second kappa shape index (κ2) is 8.90. The Balaban J connectivity index is 1.54. The van der Waals surface area contributed by atoms with Crippen LogP contribution in [0.1, 0.15) is 24.3 Å². The Morgan fingerprint density at radius 2 is 2.19 bits per heavy atom. The Morgan fingerprint density at radius 1 is 1.39 bits per heavy atom. The van der Waals surface area contributed by atoms with E-state index >= 15 is 0 Å². The number of carbonyl (C=O) groups excluding carboxylic acids is 1. The molecule has 1 N–H and O–H groups in total. The number of anilines is 2. The van der Waals surface area contributed by atoms with Crippen molar-refractivity contribution in [2.24, 2.45) is 0 Å². The molecule has 9 heteroatoms. The zero-order valence-corrected chi connectivity index (χ0v) is 19.1. The van der Waals surface area contributed by atoms with Crippen LogP contribution in [0.25, 0.3) is 10.2 Å². The fraction of sp³-hybridized carbons (Fsp3) is 0.318. The van der Waals surface area contributed by atoms with E-state index in [-0.39, 0.29) is 10.9 Å². The van der Waals surface area contributed by atoms with Crippen molar-refractivity contribution >= 4 is 50.6 Å². The first-order valence-electron chi connectivity index (χ1n) is 9.96. The zero-order valence-electron chi connectivity index (χ0n) is 17.5. The Morgan fingerprint density at radius 3 is 2.94 bits per heavy atom. The van der Waals surface area contributed by atoms with Gasteiger partial charge in [-0.05, 0) is 39.1 Å². The SMILES string of the molecule is CC(C)N(C)C/C=C/C(=O)N1Cc2sc3ncnc(Nc4ccc(F)c(Cl)c4)c3c2C1. The number of hydrogen-bond acceptors (Lipinski definition) is 6. The summed E-state index contributed by atoms with van der Waals surface area (Å²) in [6, 6.07) is 4.86. The van der Waals surface area contributed by atoms with E-state index in [1.54, 1.807) is 23.5 Å². The molecular weight excluding hydrogens is 437 g/mol. The van der Waals surface area contributed by atoms with Crippen molar-refractivity contribution in [1.29, 1.82) is 0 Å². The van der Waals surface area contributed by atoms with Crippen LogP contribution in [0.3, 0.4) is 0 Å². The molecule has 2 aromatic heterocycles. The minimum Gasteiger partial charge on any atom is -0.340 e. The van der Waals surface area contributed by atoms with Gasteiger partial charge in [-0.1, -0.05) is 17.7 Å². The lowest BCUT2D eigenvalue weighted by atomic mass is 10.2. The normalized spacial score (nSPS) is 13.7. The number of hydrogen-bond donors (Lipinski definition) is 1. The molecule has 1 aliphatic heterocycles. The quantitative estimate of drug-likeness (QED) is 0.527. The Kier molecular flexibility index (Phi) is 6.22. The van der Waals surface area contributed by atoms with Crippen LogP contribution in [0.4, 0.5) is 15.9 Å². The van der Waals surface area contributed by atoms with Gasteiger partial charge in [-0.3, -0.25) is 4.79 Å². The van der Waals surface area contributed by atoms with Crippen molar-refractivity contribution in [1.82, 2.24) is 19.8 Å². The van der Waals surface area contributed by atoms with E-state index < -0.39 is 5.82 Å². The van der Waals surface area contributed by atoms with Crippen LogP contribution < -0.4 is 5.32 Å². The fourth-order valence-corrected chi connectivity index (χ4v) is 4.69. The Labute approximate surface area is 189 Å². The number of halogens is 2. The standard InChI is InChI=1S/C22H23ClFN5OS/c1-13(2)28(3)8-4-5-19(30)29-10-15-18(11-29)31-22-20(15)21(25-12-26-22)27-14-6-7-17(24)16(23)9-14/h4-7,9,12-13H,8,10-11H2,1-3H3,(H,25,26,27)/b5-4+. The second-order valence-electron chi connectivity index (χ2n) is 7.79. The minimum absolute atomic E-state index is 0.00891. The molecule has 1 aromatic carbocycles. The molecule has 0 spiro atoms. The summed E-state index contributed by atoms with van der Waals surface area (Å²) in [7, 11) is 2.03. The highest BCUT2D eigenvalue weighted by Gasteiger charge is 2.28. The fourth-order valence-electron chi connectivity index (χ4n) is 3.35. The third kappa shape index (κ3) is 4.56. The predicted octanol–water partition coefficient (Wildman–Crippen LogP) is 4.97. The van der Waals surface area contributed by atoms with Crippen molar-refractivity contribution < 1.29 is 9.18 Å². The first-order valence-corrected chi connectivity index (χ1v) is 11.2. The average Bonchev–Trinajstić information content (AvgIpc) is 3.28. The van der Waals surface area contributed by atoms with E-state index in [2.05, 4.69) is 34.0 Å². The van der Waals surface area contributed by atoms with Crippen LogP contribution in [0.15, 0.2) is 36.7 Å². The van der Waals surface area contributed by atoms with E-state index in [0.29, 0.717) is 30.6 Å². The second-order valence-corrected chi connectivity index (χ2v) is 9.28. The van der Waals surface area contributed by atoms with Crippen LogP contribution >= 0.6 is 22.9 Å². The number of rotatable bonds is 6. The maximum Gasteiger partial charge on any atom is 0.246 e. The molecule has 6 nitrogen and oxygen atoms in total. The van der Waals surface area contributed by atoms with Crippen LogP contribution in [-0.4, -0.2) is 45.3 Å². The Hall–Kier alpha value is -2.55. The van der Waals surface area contributed by atoms with Crippen molar-refractivity contribution in [3.8, 4) is 0 Å². The van der Waals surface area contributed by atoms with Gasteiger partial charge < -0.3 is 15.1 Å². The van der Waals surface area contributed by atoms with Crippen LogP contribution in [-0.2, 0) is 17.9 Å². The molecule has 0 saturated carbocycles. The third-order valence-corrected chi connectivity index (χ3v) is 6.80. The van der Waals surface area contributed by atoms with Gasteiger partial charge in [0.1, 0.15) is 22.8 Å². The highest BCUT2D eigenvalue weighted by molar-refractivity contribution is 7.19. The molecule has 31 heavy (non-hydrogen) atoms. The van der Waals surface area contributed by atoms with Gasteiger partial charge in [-0.2, -0.15) is 0 Å². The largest absolute Gasteiger partial charge is 0.340 e. The van der Waals surface area contributed by atoms with Gasteiger partial charge >= 0.3 is 0 Å². The molecule has 162 valence electrons. The van der Waals surface area contributed by atoms with E-state index in [9.17, 15) is 9.18 Å². The summed E-state index contributed by atoms with van der Waals surface area (Å²) in [5.74, 6) is 0.136. The number of nitrogens with one attached hydrogen (secondary N) is 1. The number of amides is 1. The highest BCUT2D eigenvalue weighted by atomic mass is 35.5. The number of benzene rings is 1. The molecular formula is C22H23ClFN5OS. The van der Waals surface area contributed by atoms with Crippen LogP contribution in [0.5, 0.6) is 0 Å². The molecule has 0 fully saturated rings. The average molecular weight is 460 g/mol. The van der Waals surface area contributed by atoms with Gasteiger partial charge in [0, 0.05) is 41.3 Å².